The number of aromatic nitrogens is 2. The summed E-state index contributed by atoms with van der Waals surface area (Å²) < 4.78 is 18.6. The predicted molar refractivity (Wildman–Crippen MR) is 78.3 cm³/mol. The minimum absolute atomic E-state index is 0.275. The quantitative estimate of drug-likeness (QED) is 0.792. The van der Waals surface area contributed by atoms with Gasteiger partial charge in [-0.3, -0.25) is 10.4 Å². The Kier molecular flexibility index (Phi) is 3.84. The summed E-state index contributed by atoms with van der Waals surface area (Å²) >= 11 is 0. The molecule has 2 aromatic rings. The fourth-order valence-electron chi connectivity index (χ4n) is 1.74. The van der Waals surface area contributed by atoms with Gasteiger partial charge in [0, 0.05) is 11.6 Å². The molecule has 0 spiro atoms. The summed E-state index contributed by atoms with van der Waals surface area (Å²) in [7, 11) is 0. The molecule has 112 valence electrons. The lowest BCUT2D eigenvalue weighted by atomic mass is 10.1. The van der Waals surface area contributed by atoms with Crippen LogP contribution in [0, 0.1) is 5.82 Å². The Balaban J connectivity index is 2.30. The topological polar surface area (TPSA) is 93.0 Å². The molecule has 0 saturated carbocycles. The molecule has 1 aromatic carbocycles. The van der Waals surface area contributed by atoms with Crippen LogP contribution < -0.4 is 11.1 Å². The van der Waals surface area contributed by atoms with Crippen molar-refractivity contribution < 1.29 is 13.9 Å². The van der Waals surface area contributed by atoms with Crippen molar-refractivity contribution in [1.82, 2.24) is 10.2 Å². The van der Waals surface area contributed by atoms with Crippen molar-refractivity contribution in [3.63, 3.8) is 0 Å². The maximum absolute atomic E-state index is 13.4. The number of amides is 1. The molecule has 0 saturated heterocycles. The first-order valence-electron chi connectivity index (χ1n) is 6.35. The summed E-state index contributed by atoms with van der Waals surface area (Å²) in [4.78, 5) is 11.8. The summed E-state index contributed by atoms with van der Waals surface area (Å²) in [5.74, 6) is -0.162. The molecule has 1 aromatic heterocycles. The normalized spacial score (nSPS) is 11.2. The molecule has 4 N–H and O–H groups in total. The van der Waals surface area contributed by atoms with Crippen LogP contribution >= 0.6 is 0 Å². The van der Waals surface area contributed by atoms with Crippen molar-refractivity contribution in [2.75, 3.05) is 11.1 Å². The minimum atomic E-state index is -0.622. The molecule has 21 heavy (non-hydrogen) atoms. The molecule has 0 aliphatic heterocycles. The Morgan fingerprint density at radius 1 is 1.38 bits per heavy atom. The fraction of sp³-hybridized carbons (Fsp3) is 0.286. The van der Waals surface area contributed by atoms with Crippen molar-refractivity contribution in [1.29, 1.82) is 0 Å². The Hall–Kier alpha value is -2.57. The minimum Gasteiger partial charge on any atom is -0.444 e. The van der Waals surface area contributed by atoms with E-state index in [2.05, 4.69) is 15.5 Å². The lowest BCUT2D eigenvalue weighted by Crippen LogP contribution is -2.27. The van der Waals surface area contributed by atoms with E-state index in [0.717, 1.165) is 0 Å². The number of carbonyl (C=O) groups is 1. The van der Waals surface area contributed by atoms with E-state index < -0.39 is 17.5 Å². The number of hydrogen-bond donors (Lipinski definition) is 3. The van der Waals surface area contributed by atoms with Crippen LogP contribution in [0.15, 0.2) is 24.3 Å². The summed E-state index contributed by atoms with van der Waals surface area (Å²) in [5.41, 5.74) is 6.25. The van der Waals surface area contributed by atoms with Gasteiger partial charge >= 0.3 is 6.09 Å². The molecule has 0 atom stereocenters. The summed E-state index contributed by atoms with van der Waals surface area (Å²) in [6.07, 6.45) is -0.622. The zero-order valence-electron chi connectivity index (χ0n) is 12.0. The molecule has 0 fully saturated rings. The lowest BCUT2D eigenvalue weighted by molar-refractivity contribution is 0.0636. The molecule has 6 nitrogen and oxygen atoms in total. The third kappa shape index (κ3) is 3.95. The Morgan fingerprint density at radius 2 is 2.10 bits per heavy atom. The number of halogens is 1. The van der Waals surface area contributed by atoms with Gasteiger partial charge in [0.2, 0.25) is 0 Å². The number of hydrogen-bond acceptors (Lipinski definition) is 4. The molecule has 2 rings (SSSR count). The number of carbonyl (C=O) groups excluding carboxylic acids is 1. The Morgan fingerprint density at radius 3 is 2.67 bits per heavy atom. The first-order chi connectivity index (χ1) is 9.74. The number of H-pyrrole nitrogens is 1. The average Bonchev–Trinajstić information content (AvgIpc) is 2.75. The zero-order chi connectivity index (χ0) is 15.6. The highest BCUT2D eigenvalue weighted by atomic mass is 19.1. The molecule has 1 heterocycles. The summed E-state index contributed by atoms with van der Waals surface area (Å²) in [5, 5.41) is 9.05. The van der Waals surface area contributed by atoms with Crippen molar-refractivity contribution in [2.24, 2.45) is 0 Å². The number of anilines is 2. The standard InChI is InChI=1S/C14H17FN4O2/c1-14(2,3)21-13(20)17-10-5-4-8(15)6-9(10)11-7-12(16)19-18-11/h4-7H,1-3H3,(H,17,20)(H3,16,18,19). The van der Waals surface area contributed by atoms with Gasteiger partial charge in [-0.15, -0.1) is 0 Å². The van der Waals surface area contributed by atoms with Crippen LogP contribution in [-0.2, 0) is 4.74 Å². The van der Waals surface area contributed by atoms with Gasteiger partial charge < -0.3 is 10.5 Å². The van der Waals surface area contributed by atoms with Gasteiger partial charge in [-0.1, -0.05) is 0 Å². The first kappa shape index (κ1) is 14.8. The number of nitrogens with two attached hydrogens (primary N) is 1. The molecule has 0 radical (unpaired) electrons. The number of rotatable bonds is 2. The molecule has 1 amide bonds. The van der Waals surface area contributed by atoms with Gasteiger partial charge in [0.05, 0.1) is 11.4 Å². The van der Waals surface area contributed by atoms with E-state index in [1.807, 2.05) is 0 Å². The molecule has 0 aliphatic carbocycles. The van der Waals surface area contributed by atoms with Crippen LogP contribution in [0.5, 0.6) is 0 Å². The van der Waals surface area contributed by atoms with E-state index in [0.29, 0.717) is 16.9 Å². The van der Waals surface area contributed by atoms with Gasteiger partial charge in [0.1, 0.15) is 17.2 Å². The van der Waals surface area contributed by atoms with Gasteiger partial charge in [0.15, 0.2) is 0 Å². The van der Waals surface area contributed by atoms with E-state index >= 15 is 0 Å². The number of nitrogens with zero attached hydrogens (tertiary/aromatic N) is 1. The molecule has 0 bridgehead atoms. The molecule has 7 heteroatoms. The van der Waals surface area contributed by atoms with E-state index in [9.17, 15) is 9.18 Å². The zero-order valence-corrected chi connectivity index (χ0v) is 12.0. The molecular formula is C14H17FN4O2. The second kappa shape index (κ2) is 5.43. The molecule has 0 unspecified atom stereocenters. The molecular weight excluding hydrogens is 275 g/mol. The van der Waals surface area contributed by atoms with Crippen LogP contribution in [0.3, 0.4) is 0 Å². The third-order valence-electron chi connectivity index (χ3n) is 2.51. The number of nitrogen functional groups attached to an aromatic ring is 1. The average molecular weight is 292 g/mol. The fourth-order valence-corrected chi connectivity index (χ4v) is 1.74. The summed E-state index contributed by atoms with van der Waals surface area (Å²) in [6.45, 7) is 5.27. The smallest absolute Gasteiger partial charge is 0.412 e. The maximum Gasteiger partial charge on any atom is 0.412 e. The van der Waals surface area contributed by atoms with Crippen LogP contribution in [-0.4, -0.2) is 21.9 Å². The highest BCUT2D eigenvalue weighted by Gasteiger charge is 2.18. The predicted octanol–water partition coefficient (Wildman–Crippen LogP) is 3.15. The second-order valence-corrected chi connectivity index (χ2v) is 5.52. The van der Waals surface area contributed by atoms with Crippen molar-refractivity contribution in [3.05, 3.63) is 30.1 Å². The SMILES string of the molecule is CC(C)(C)OC(=O)Nc1ccc(F)cc1-c1cc(N)n[nH]1. The van der Waals surface area contributed by atoms with Crippen molar-refractivity contribution >= 4 is 17.6 Å². The Labute approximate surface area is 121 Å². The van der Waals surface area contributed by atoms with Gasteiger partial charge in [-0.05, 0) is 39.0 Å². The first-order valence-corrected chi connectivity index (χ1v) is 6.35. The highest BCUT2D eigenvalue weighted by molar-refractivity contribution is 5.91. The van der Waals surface area contributed by atoms with E-state index in [1.54, 1.807) is 26.8 Å². The van der Waals surface area contributed by atoms with E-state index in [4.69, 9.17) is 10.5 Å². The maximum atomic E-state index is 13.4. The summed E-state index contributed by atoms with van der Waals surface area (Å²) in [6, 6.07) is 5.52. The van der Waals surface area contributed by atoms with E-state index in [-0.39, 0.29) is 5.82 Å². The number of nitrogens with one attached hydrogen (secondary N) is 2. The van der Waals surface area contributed by atoms with Gasteiger partial charge in [-0.25, -0.2) is 9.18 Å². The van der Waals surface area contributed by atoms with Crippen molar-refractivity contribution in [2.45, 2.75) is 26.4 Å². The van der Waals surface area contributed by atoms with Crippen LogP contribution in [0.1, 0.15) is 20.8 Å². The monoisotopic (exact) mass is 292 g/mol. The number of aromatic amines is 1. The van der Waals surface area contributed by atoms with Crippen LogP contribution in [0.4, 0.5) is 20.7 Å². The van der Waals surface area contributed by atoms with E-state index in [1.165, 1.54) is 18.2 Å². The highest BCUT2D eigenvalue weighted by Crippen LogP contribution is 2.28. The van der Waals surface area contributed by atoms with Gasteiger partial charge in [0.25, 0.3) is 0 Å². The van der Waals surface area contributed by atoms with Crippen LogP contribution in [0.2, 0.25) is 0 Å². The number of benzene rings is 1. The third-order valence-corrected chi connectivity index (χ3v) is 2.51. The van der Waals surface area contributed by atoms with Gasteiger partial charge in [-0.2, -0.15) is 5.10 Å². The number of ether oxygens (including phenoxy) is 1. The van der Waals surface area contributed by atoms with Crippen LogP contribution in [0.25, 0.3) is 11.3 Å². The molecule has 0 aliphatic rings. The lowest BCUT2D eigenvalue weighted by Gasteiger charge is -2.20. The Bertz CT molecular complexity index is 661. The van der Waals surface area contributed by atoms with Crippen molar-refractivity contribution in [3.8, 4) is 11.3 Å². The second-order valence-electron chi connectivity index (χ2n) is 5.52. The largest absolute Gasteiger partial charge is 0.444 e.